The summed E-state index contributed by atoms with van der Waals surface area (Å²) in [6.07, 6.45) is -3.91. The summed E-state index contributed by atoms with van der Waals surface area (Å²) in [5, 5.41) is 0. The molecule has 0 aliphatic carbocycles. The van der Waals surface area contributed by atoms with E-state index in [1.165, 1.54) is 30.6 Å². The summed E-state index contributed by atoms with van der Waals surface area (Å²) in [7, 11) is 0. The summed E-state index contributed by atoms with van der Waals surface area (Å²) in [5.74, 6) is -1.69. The van der Waals surface area contributed by atoms with E-state index < -0.39 is 30.2 Å². The second-order valence-corrected chi connectivity index (χ2v) is 3.83. The zero-order valence-electron chi connectivity index (χ0n) is 12.2. The summed E-state index contributed by atoms with van der Waals surface area (Å²) >= 11 is 0. The number of alkyl halides is 3. The van der Waals surface area contributed by atoms with E-state index in [1.54, 1.807) is 6.07 Å². The van der Waals surface area contributed by atoms with Gasteiger partial charge in [-0.3, -0.25) is 11.3 Å². The molecule has 107 valence electrons. The normalized spacial score (nSPS) is 25.6. The van der Waals surface area contributed by atoms with Gasteiger partial charge < -0.3 is 4.79 Å². The van der Waals surface area contributed by atoms with Crippen LogP contribution in [0.2, 0.25) is 0 Å². The van der Waals surface area contributed by atoms with Crippen molar-refractivity contribution in [2.24, 2.45) is 10.9 Å². The van der Waals surface area contributed by atoms with Gasteiger partial charge >= 0.3 is 6.18 Å². The van der Waals surface area contributed by atoms with Crippen LogP contribution >= 0.6 is 0 Å². The van der Waals surface area contributed by atoms with Crippen LogP contribution in [0.25, 0.3) is 0 Å². The van der Waals surface area contributed by atoms with Crippen molar-refractivity contribution < 1.29 is 52.0 Å². The number of aliphatic imine (C=N–C) groups is 1. The minimum atomic E-state index is -4.66. The second kappa shape index (κ2) is 8.03. The standard InChI is InChI=1S/C12H9F3NO.C2H6.Y/c13-12(14,15)11(8-16-6-10(11)7-17)9-4-2-1-3-5-9;1-2;/h1-6,10H,8H2;1-2H3;/q-1;;/i6T;;. The molecule has 1 aliphatic heterocycles. The molecule has 0 aromatic heterocycles. The smallest absolute Gasteiger partial charge is 0.398 e. The number of nitrogens with zero attached hydrogens (tertiary/aromatic N) is 1. The molecule has 0 fully saturated rings. The molecular weight excluding hydrogens is 344 g/mol. The molecule has 0 saturated heterocycles. The number of halogens is 3. The molecule has 1 radical (unpaired) electrons. The van der Waals surface area contributed by atoms with Crippen LogP contribution in [0.3, 0.4) is 0 Å². The van der Waals surface area contributed by atoms with E-state index in [2.05, 4.69) is 4.99 Å². The molecule has 2 atom stereocenters. The molecule has 20 heavy (non-hydrogen) atoms. The first-order valence-electron chi connectivity index (χ1n) is 6.44. The van der Waals surface area contributed by atoms with Crippen LogP contribution in [0.5, 0.6) is 0 Å². The van der Waals surface area contributed by atoms with E-state index in [1.807, 2.05) is 13.8 Å². The fourth-order valence-electron chi connectivity index (χ4n) is 2.00. The van der Waals surface area contributed by atoms with Crippen molar-refractivity contribution in [2.45, 2.75) is 25.4 Å². The number of hydrogen-bond donors (Lipinski definition) is 0. The van der Waals surface area contributed by atoms with E-state index >= 15 is 0 Å². The Morgan fingerprint density at radius 3 is 2.35 bits per heavy atom. The Morgan fingerprint density at radius 1 is 1.35 bits per heavy atom. The maximum Gasteiger partial charge on any atom is 0.398 e. The van der Waals surface area contributed by atoms with Gasteiger partial charge in [-0.2, -0.15) is 13.2 Å². The van der Waals surface area contributed by atoms with Crippen molar-refractivity contribution in [1.82, 2.24) is 0 Å². The largest absolute Gasteiger partial charge is 0.541 e. The first-order valence-corrected chi connectivity index (χ1v) is 5.94. The zero-order valence-corrected chi connectivity index (χ0v) is 14.1. The maximum absolute atomic E-state index is 13.4. The van der Waals surface area contributed by atoms with Crippen molar-refractivity contribution in [2.75, 3.05) is 6.54 Å². The number of rotatable bonds is 2. The molecule has 0 amide bonds. The molecule has 1 heterocycles. The van der Waals surface area contributed by atoms with Crippen LogP contribution in [-0.4, -0.2) is 25.2 Å². The summed E-state index contributed by atoms with van der Waals surface area (Å²) in [6.45, 7) is 3.36. The first-order chi connectivity index (χ1) is 9.43. The van der Waals surface area contributed by atoms with Crippen LogP contribution < -0.4 is 0 Å². The average Bonchev–Trinajstić information content (AvgIpc) is 2.79. The molecule has 2 rings (SSSR count). The van der Waals surface area contributed by atoms with Gasteiger partial charge in [-0.15, -0.1) is 0 Å². The fourth-order valence-corrected chi connectivity index (χ4v) is 2.00. The fraction of sp³-hybridized carbons (Fsp3) is 0.429. The van der Waals surface area contributed by atoms with Crippen molar-refractivity contribution in [3.05, 3.63) is 35.9 Å². The summed E-state index contributed by atoms with van der Waals surface area (Å²) in [5.41, 5.74) is -2.51. The molecule has 0 bridgehead atoms. The molecule has 1 aromatic carbocycles. The third-order valence-electron chi connectivity index (χ3n) is 2.95. The average molecular weight is 361 g/mol. The quantitative estimate of drug-likeness (QED) is 0.744. The van der Waals surface area contributed by atoms with Gasteiger partial charge in [-0.05, 0) is 11.8 Å². The maximum atomic E-state index is 13.4. The van der Waals surface area contributed by atoms with Gasteiger partial charge in [0.05, 0.1) is 13.3 Å². The second-order valence-electron chi connectivity index (χ2n) is 3.83. The Balaban J connectivity index is 0.00000128. The van der Waals surface area contributed by atoms with Crippen LogP contribution in [0.1, 0.15) is 20.8 Å². The molecule has 1 aliphatic rings. The van der Waals surface area contributed by atoms with E-state index in [0.29, 0.717) is 0 Å². The summed E-state index contributed by atoms with van der Waals surface area (Å²) in [4.78, 5) is 14.3. The SMILES string of the molecule is CC.[3H]C1=NCC(c2ccccc2)(C(F)(F)F)C1[C-]=O.[Y]. The van der Waals surface area contributed by atoms with E-state index in [9.17, 15) is 18.0 Å². The van der Waals surface area contributed by atoms with E-state index in [0.717, 1.165) is 0 Å². The molecule has 0 saturated carbocycles. The molecular formula is C14H15F3NOY-. The predicted molar refractivity (Wildman–Crippen MR) is 68.1 cm³/mol. The van der Waals surface area contributed by atoms with Gasteiger partial charge in [0.1, 0.15) is 0 Å². The van der Waals surface area contributed by atoms with Crippen molar-refractivity contribution >= 4 is 12.5 Å². The van der Waals surface area contributed by atoms with Gasteiger partial charge in [0.2, 0.25) is 0 Å². The molecule has 2 nitrogen and oxygen atoms in total. The Labute approximate surface area is 143 Å². The third kappa shape index (κ3) is 3.37. The Morgan fingerprint density at radius 2 is 1.90 bits per heavy atom. The van der Waals surface area contributed by atoms with Crippen LogP contribution in [-0.2, 0) is 42.9 Å². The molecule has 1 aromatic rings. The monoisotopic (exact) mass is 361 g/mol. The van der Waals surface area contributed by atoms with Crippen LogP contribution in [0, 0.1) is 5.92 Å². The van der Waals surface area contributed by atoms with E-state index in [4.69, 9.17) is 1.37 Å². The number of hydrogen-bond acceptors (Lipinski definition) is 2. The predicted octanol–water partition coefficient (Wildman–Crippen LogP) is 3.32. The van der Waals surface area contributed by atoms with Gasteiger partial charge in [-0.25, -0.2) is 0 Å². The zero-order chi connectivity index (χ0) is 15.4. The van der Waals surface area contributed by atoms with Gasteiger partial charge in [0.25, 0.3) is 0 Å². The Hall–Kier alpha value is -0.546. The first kappa shape index (κ1) is 17.5. The minimum Gasteiger partial charge on any atom is -0.541 e. The molecule has 2 unspecified atom stereocenters. The van der Waals surface area contributed by atoms with Gasteiger partial charge in [0.15, 0.2) is 0 Å². The van der Waals surface area contributed by atoms with Crippen LogP contribution in [0.4, 0.5) is 13.2 Å². The molecule has 0 spiro atoms. The summed E-state index contributed by atoms with van der Waals surface area (Å²) < 4.78 is 47.5. The Kier molecular flexibility index (Phi) is 7.03. The van der Waals surface area contributed by atoms with Crippen molar-refractivity contribution in [3.63, 3.8) is 0 Å². The van der Waals surface area contributed by atoms with Crippen molar-refractivity contribution in [3.8, 4) is 0 Å². The minimum absolute atomic E-state index is 0. The number of benzene rings is 1. The van der Waals surface area contributed by atoms with E-state index in [-0.39, 0.29) is 38.3 Å². The molecule has 0 N–H and O–H groups in total. The van der Waals surface area contributed by atoms with Gasteiger partial charge in [0, 0.05) is 32.7 Å². The third-order valence-corrected chi connectivity index (χ3v) is 2.95. The molecule has 6 heteroatoms. The van der Waals surface area contributed by atoms with Crippen LogP contribution in [0.15, 0.2) is 35.3 Å². The van der Waals surface area contributed by atoms with Crippen molar-refractivity contribution in [1.29, 1.82) is 0 Å². The topological polar surface area (TPSA) is 29.4 Å². The van der Waals surface area contributed by atoms with Gasteiger partial charge in [-0.1, -0.05) is 50.1 Å². The number of carbonyl (C=O) groups excluding carboxylic acids is 1. The summed E-state index contributed by atoms with van der Waals surface area (Å²) in [6, 6.07) is 7.11. The Bertz CT molecular complexity index is 493.